The summed E-state index contributed by atoms with van der Waals surface area (Å²) in [5, 5.41) is 11.6. The third-order valence-corrected chi connectivity index (χ3v) is 6.53. The van der Waals surface area contributed by atoms with Crippen LogP contribution in [0.15, 0.2) is 71.2 Å². The summed E-state index contributed by atoms with van der Waals surface area (Å²) in [6, 6.07) is 20.7. The van der Waals surface area contributed by atoms with Crippen molar-refractivity contribution in [2.75, 3.05) is 4.90 Å². The number of anilines is 1. The average Bonchev–Trinajstić information content (AvgIpc) is 2.95. The quantitative estimate of drug-likeness (QED) is 0.437. The molecule has 1 N–H and O–H groups in total. The first-order chi connectivity index (χ1) is 15.2. The highest BCUT2D eigenvalue weighted by Crippen LogP contribution is 2.44. The van der Waals surface area contributed by atoms with Crippen molar-refractivity contribution in [3.63, 3.8) is 0 Å². The number of aliphatic hydroxyl groups is 1. The van der Waals surface area contributed by atoms with Crippen molar-refractivity contribution in [1.29, 1.82) is 0 Å². The summed E-state index contributed by atoms with van der Waals surface area (Å²) >= 11 is 3.44. The zero-order valence-corrected chi connectivity index (χ0v) is 20.0. The van der Waals surface area contributed by atoms with Crippen LogP contribution in [-0.4, -0.2) is 16.8 Å². The summed E-state index contributed by atoms with van der Waals surface area (Å²) in [6.07, 6.45) is -0.305. The number of carbonyl (C=O) groups excluding carboxylic acids is 2. The molecule has 32 heavy (non-hydrogen) atoms. The molecule has 1 aliphatic heterocycles. The molecule has 164 valence electrons. The van der Waals surface area contributed by atoms with Crippen molar-refractivity contribution in [2.24, 2.45) is 0 Å². The average molecular weight is 492 g/mol. The number of rotatable bonds is 6. The Bertz CT molecular complexity index is 1190. The summed E-state index contributed by atoms with van der Waals surface area (Å²) in [4.78, 5) is 28.2. The lowest BCUT2D eigenvalue weighted by Crippen LogP contribution is -2.41. The van der Waals surface area contributed by atoms with Crippen molar-refractivity contribution in [2.45, 2.75) is 45.3 Å². The molecule has 1 heterocycles. The van der Waals surface area contributed by atoms with Crippen LogP contribution in [0.25, 0.3) is 0 Å². The van der Waals surface area contributed by atoms with E-state index < -0.39 is 11.5 Å². The number of fused-ring (bicyclic) bond motifs is 1. The molecule has 3 aromatic carbocycles. The van der Waals surface area contributed by atoms with Crippen molar-refractivity contribution in [3.05, 3.63) is 99.0 Å². The molecule has 0 spiro atoms. The number of amides is 1. The molecule has 0 saturated carbocycles. The van der Waals surface area contributed by atoms with E-state index in [-0.39, 0.29) is 12.2 Å². The molecule has 0 aliphatic carbocycles. The Morgan fingerprint density at radius 2 is 1.78 bits per heavy atom. The second-order valence-corrected chi connectivity index (χ2v) is 9.69. The van der Waals surface area contributed by atoms with E-state index in [9.17, 15) is 14.7 Å². The molecule has 0 saturated heterocycles. The van der Waals surface area contributed by atoms with Crippen molar-refractivity contribution < 1.29 is 14.7 Å². The minimum absolute atomic E-state index is 0.264. The maximum absolute atomic E-state index is 13.5. The molecule has 0 bridgehead atoms. The highest BCUT2D eigenvalue weighted by atomic mass is 79.9. The number of hydrogen-bond donors (Lipinski definition) is 1. The van der Waals surface area contributed by atoms with E-state index in [2.05, 4.69) is 29.8 Å². The molecule has 1 aliphatic rings. The monoisotopic (exact) mass is 491 g/mol. The number of carbonyl (C=O) groups is 2. The van der Waals surface area contributed by atoms with Gasteiger partial charge < -0.3 is 10.0 Å². The number of ketones is 1. The van der Waals surface area contributed by atoms with Gasteiger partial charge in [-0.1, -0.05) is 83.9 Å². The van der Waals surface area contributed by atoms with Crippen molar-refractivity contribution in [1.82, 2.24) is 0 Å². The number of halogens is 1. The first kappa shape index (κ1) is 22.4. The van der Waals surface area contributed by atoms with Crippen molar-refractivity contribution >= 4 is 33.3 Å². The van der Waals surface area contributed by atoms with Gasteiger partial charge in [0.25, 0.3) is 5.91 Å². The fourth-order valence-electron chi connectivity index (χ4n) is 4.23. The maximum atomic E-state index is 13.5. The minimum Gasteiger partial charge on any atom is -0.375 e. The summed E-state index contributed by atoms with van der Waals surface area (Å²) in [5.74, 6) is -0.377. The summed E-state index contributed by atoms with van der Waals surface area (Å²) in [6.45, 7) is 6.51. The highest BCUT2D eigenvalue weighted by Gasteiger charge is 2.51. The molecule has 4 nitrogen and oxygen atoms in total. The summed E-state index contributed by atoms with van der Waals surface area (Å²) in [7, 11) is 0. The zero-order chi connectivity index (χ0) is 23.0. The van der Waals surface area contributed by atoms with E-state index in [1.54, 1.807) is 23.1 Å². The molecule has 0 fully saturated rings. The van der Waals surface area contributed by atoms with Gasteiger partial charge in [0.1, 0.15) is 0 Å². The van der Waals surface area contributed by atoms with E-state index in [0.717, 1.165) is 21.2 Å². The third-order valence-electron chi connectivity index (χ3n) is 6.03. The fraction of sp³-hybridized carbons (Fsp3) is 0.259. The molecule has 1 unspecified atom stereocenters. The molecule has 0 aromatic heterocycles. The molecule has 1 atom stereocenters. The maximum Gasteiger partial charge on any atom is 0.264 e. The Balaban J connectivity index is 1.67. The number of benzene rings is 3. The molecular formula is C27H26BrNO3. The van der Waals surface area contributed by atoms with Crippen LogP contribution >= 0.6 is 15.9 Å². The van der Waals surface area contributed by atoms with Gasteiger partial charge in [-0.05, 0) is 42.2 Å². The largest absolute Gasteiger partial charge is 0.375 e. The van der Waals surface area contributed by atoms with Crippen LogP contribution < -0.4 is 4.90 Å². The highest BCUT2D eigenvalue weighted by molar-refractivity contribution is 9.10. The molecule has 1 amide bonds. The second kappa shape index (κ2) is 8.64. The Labute approximate surface area is 197 Å². The topological polar surface area (TPSA) is 57.6 Å². The fourth-order valence-corrected chi connectivity index (χ4v) is 4.59. The predicted octanol–water partition coefficient (Wildman–Crippen LogP) is 5.89. The Morgan fingerprint density at radius 1 is 1.06 bits per heavy atom. The van der Waals surface area contributed by atoms with Gasteiger partial charge in [-0.15, -0.1) is 0 Å². The number of nitrogens with zero attached hydrogens (tertiary/aromatic N) is 1. The molecule has 5 heteroatoms. The van der Waals surface area contributed by atoms with E-state index in [4.69, 9.17) is 0 Å². The number of Topliss-reactive ketones (excluding diaryl/α,β-unsaturated/α-hetero) is 1. The van der Waals surface area contributed by atoms with Crippen LogP contribution in [0, 0.1) is 6.92 Å². The number of aryl methyl sites for hydroxylation is 1. The van der Waals surface area contributed by atoms with Gasteiger partial charge in [-0.3, -0.25) is 9.59 Å². The van der Waals surface area contributed by atoms with Gasteiger partial charge in [0.2, 0.25) is 0 Å². The normalized spacial score (nSPS) is 17.7. The SMILES string of the molecule is Cc1cccc(CN2C(=O)C(O)(CC(=O)c3ccc(C(C)C)cc3)c3cc(Br)ccc32)c1. The van der Waals surface area contributed by atoms with Crippen LogP contribution in [-0.2, 0) is 16.9 Å². The predicted molar refractivity (Wildman–Crippen MR) is 130 cm³/mol. The minimum atomic E-state index is -1.91. The molecule has 3 aromatic rings. The van der Waals surface area contributed by atoms with Crippen LogP contribution in [0.1, 0.15) is 58.8 Å². The third kappa shape index (κ3) is 4.15. The second-order valence-electron chi connectivity index (χ2n) is 8.78. The Kier molecular flexibility index (Phi) is 6.06. The van der Waals surface area contributed by atoms with Gasteiger partial charge in [0.15, 0.2) is 11.4 Å². The van der Waals surface area contributed by atoms with Gasteiger partial charge in [-0.2, -0.15) is 0 Å². The van der Waals surface area contributed by atoms with Crippen molar-refractivity contribution in [3.8, 4) is 0 Å². The van der Waals surface area contributed by atoms with Crippen LogP contribution in [0.5, 0.6) is 0 Å². The summed E-state index contributed by atoms with van der Waals surface area (Å²) in [5.41, 5.74) is 2.87. The van der Waals surface area contributed by atoms with Gasteiger partial charge in [0, 0.05) is 15.6 Å². The Hall–Kier alpha value is -2.76. The van der Waals surface area contributed by atoms with E-state index >= 15 is 0 Å². The molecule has 0 radical (unpaired) electrons. The lowest BCUT2D eigenvalue weighted by Gasteiger charge is -2.23. The standard InChI is InChI=1S/C27H26BrNO3/c1-17(2)20-7-9-21(10-8-20)25(30)15-27(32)23-14-22(28)11-12-24(23)29(26(27)31)16-19-6-4-5-18(3)13-19/h4-14,17,32H,15-16H2,1-3H3. The van der Waals surface area contributed by atoms with E-state index in [0.29, 0.717) is 29.3 Å². The molecular weight excluding hydrogens is 466 g/mol. The smallest absolute Gasteiger partial charge is 0.264 e. The lowest BCUT2D eigenvalue weighted by molar-refractivity contribution is -0.136. The van der Waals surface area contributed by atoms with Crippen LogP contribution in [0.3, 0.4) is 0 Å². The first-order valence-corrected chi connectivity index (χ1v) is 11.5. The number of hydrogen-bond acceptors (Lipinski definition) is 3. The van der Waals surface area contributed by atoms with Gasteiger partial charge in [-0.25, -0.2) is 0 Å². The van der Waals surface area contributed by atoms with Gasteiger partial charge >= 0.3 is 0 Å². The van der Waals surface area contributed by atoms with E-state index in [1.807, 2.05) is 55.5 Å². The summed E-state index contributed by atoms with van der Waals surface area (Å²) < 4.78 is 0.744. The van der Waals surface area contributed by atoms with E-state index in [1.165, 1.54) is 0 Å². The first-order valence-electron chi connectivity index (χ1n) is 10.7. The van der Waals surface area contributed by atoms with Crippen LogP contribution in [0.2, 0.25) is 0 Å². The van der Waals surface area contributed by atoms with Crippen LogP contribution in [0.4, 0.5) is 5.69 Å². The lowest BCUT2D eigenvalue weighted by atomic mass is 9.87. The zero-order valence-electron chi connectivity index (χ0n) is 18.4. The Morgan fingerprint density at radius 3 is 2.44 bits per heavy atom. The molecule has 4 rings (SSSR count). The van der Waals surface area contributed by atoms with Gasteiger partial charge in [0.05, 0.1) is 18.7 Å².